The van der Waals surface area contributed by atoms with Crippen molar-refractivity contribution in [2.24, 2.45) is 7.05 Å². The zero-order valence-electron chi connectivity index (χ0n) is 16.8. The minimum absolute atomic E-state index is 0.104. The van der Waals surface area contributed by atoms with Gasteiger partial charge >= 0.3 is 0 Å². The third kappa shape index (κ3) is 3.67. The van der Waals surface area contributed by atoms with Gasteiger partial charge in [0, 0.05) is 48.2 Å². The Labute approximate surface area is 185 Å². The van der Waals surface area contributed by atoms with E-state index in [2.05, 4.69) is 12.1 Å². The number of halogens is 2. The first-order valence-electron chi connectivity index (χ1n) is 9.73. The molecule has 0 spiro atoms. The molecule has 2 heterocycles. The average Bonchev–Trinajstić information content (AvgIpc) is 3.07. The van der Waals surface area contributed by atoms with Crippen molar-refractivity contribution in [2.45, 2.75) is 13.3 Å². The van der Waals surface area contributed by atoms with E-state index in [4.69, 9.17) is 27.9 Å². The minimum atomic E-state index is -0.104. The van der Waals surface area contributed by atoms with Crippen LogP contribution in [0.3, 0.4) is 0 Å². The van der Waals surface area contributed by atoms with Crippen LogP contribution in [0.1, 0.15) is 32.7 Å². The van der Waals surface area contributed by atoms with Crippen LogP contribution in [0.15, 0.2) is 30.3 Å². The van der Waals surface area contributed by atoms with Crippen LogP contribution in [-0.2, 0) is 18.2 Å². The number of ether oxygens (including phenoxy) is 1. The van der Waals surface area contributed by atoms with Gasteiger partial charge in [0.25, 0.3) is 5.91 Å². The SMILES string of the molecule is Cc1cc(C#N)cc2c1cc(Cc1c(Cl)ccc(C(=O)N3CCOCC3)c1Cl)n2C. The third-order valence-corrected chi connectivity index (χ3v) is 6.46. The molecule has 1 saturated heterocycles. The zero-order valence-corrected chi connectivity index (χ0v) is 18.3. The summed E-state index contributed by atoms with van der Waals surface area (Å²) in [6.07, 6.45) is 0.481. The summed E-state index contributed by atoms with van der Waals surface area (Å²) >= 11 is 13.2. The summed E-state index contributed by atoms with van der Waals surface area (Å²) in [6, 6.07) is 11.5. The number of benzene rings is 2. The molecule has 5 nitrogen and oxygen atoms in total. The highest BCUT2D eigenvalue weighted by molar-refractivity contribution is 6.38. The molecule has 0 bridgehead atoms. The molecule has 0 atom stereocenters. The molecule has 1 aliphatic rings. The summed E-state index contributed by atoms with van der Waals surface area (Å²) < 4.78 is 7.38. The summed E-state index contributed by atoms with van der Waals surface area (Å²) in [5.41, 5.74) is 4.83. The van der Waals surface area contributed by atoms with Crippen LogP contribution < -0.4 is 0 Å². The number of nitriles is 1. The van der Waals surface area contributed by atoms with E-state index in [1.54, 1.807) is 17.0 Å². The molecular formula is C23H21Cl2N3O2. The van der Waals surface area contributed by atoms with Crippen molar-refractivity contribution in [3.8, 4) is 6.07 Å². The molecule has 0 unspecified atom stereocenters. The van der Waals surface area contributed by atoms with Gasteiger partial charge < -0.3 is 14.2 Å². The van der Waals surface area contributed by atoms with E-state index >= 15 is 0 Å². The lowest BCUT2D eigenvalue weighted by atomic mass is 10.0. The van der Waals surface area contributed by atoms with Gasteiger partial charge in [-0.15, -0.1) is 0 Å². The second-order valence-electron chi connectivity index (χ2n) is 7.50. The number of hydrogen-bond donors (Lipinski definition) is 0. The van der Waals surface area contributed by atoms with Gasteiger partial charge in [-0.2, -0.15) is 5.26 Å². The monoisotopic (exact) mass is 441 g/mol. The lowest BCUT2D eigenvalue weighted by Crippen LogP contribution is -2.40. The summed E-state index contributed by atoms with van der Waals surface area (Å²) in [5, 5.41) is 11.3. The molecular weight excluding hydrogens is 421 g/mol. The van der Waals surface area contributed by atoms with E-state index in [1.807, 2.05) is 30.7 Å². The molecule has 0 N–H and O–H groups in total. The first kappa shape index (κ1) is 20.7. The number of aromatic nitrogens is 1. The Bertz CT molecular complexity index is 1190. The molecule has 30 heavy (non-hydrogen) atoms. The van der Waals surface area contributed by atoms with E-state index in [1.165, 1.54) is 0 Å². The second-order valence-corrected chi connectivity index (χ2v) is 8.29. The fourth-order valence-corrected chi connectivity index (χ4v) is 4.53. The number of carbonyl (C=O) groups excluding carboxylic acids is 1. The molecule has 0 radical (unpaired) electrons. The van der Waals surface area contributed by atoms with Crippen molar-refractivity contribution < 1.29 is 9.53 Å². The normalized spacial score (nSPS) is 14.2. The quantitative estimate of drug-likeness (QED) is 0.590. The van der Waals surface area contributed by atoms with Crippen molar-refractivity contribution in [2.75, 3.05) is 26.3 Å². The maximum atomic E-state index is 13.0. The standard InChI is InChI=1S/C23H21Cl2N3O2/c1-14-9-15(13-26)10-21-18(14)11-16(27(21)2)12-19-20(24)4-3-17(22(19)25)23(29)28-5-7-30-8-6-28/h3-4,9-11H,5-8,12H2,1-2H3. The first-order chi connectivity index (χ1) is 14.4. The summed E-state index contributed by atoms with van der Waals surface area (Å²) in [7, 11) is 1.96. The number of rotatable bonds is 3. The molecule has 154 valence electrons. The van der Waals surface area contributed by atoms with Gasteiger partial charge in [0.05, 0.1) is 35.4 Å². The Morgan fingerprint density at radius 1 is 1.20 bits per heavy atom. The Hall–Kier alpha value is -2.52. The Morgan fingerprint density at radius 3 is 2.63 bits per heavy atom. The van der Waals surface area contributed by atoms with Gasteiger partial charge in [-0.3, -0.25) is 4.79 Å². The Kier molecular flexibility index (Phi) is 5.75. The highest BCUT2D eigenvalue weighted by Crippen LogP contribution is 2.33. The van der Waals surface area contributed by atoms with E-state index < -0.39 is 0 Å². The number of aryl methyl sites for hydroxylation is 2. The van der Waals surface area contributed by atoms with Gasteiger partial charge in [0.15, 0.2) is 0 Å². The molecule has 1 aromatic heterocycles. The van der Waals surface area contributed by atoms with Gasteiger partial charge in [0.1, 0.15) is 0 Å². The van der Waals surface area contributed by atoms with Crippen molar-refractivity contribution >= 4 is 40.0 Å². The van der Waals surface area contributed by atoms with Crippen LogP contribution in [0.5, 0.6) is 0 Å². The van der Waals surface area contributed by atoms with Crippen LogP contribution in [0.25, 0.3) is 10.9 Å². The largest absolute Gasteiger partial charge is 0.378 e. The van der Waals surface area contributed by atoms with Crippen molar-refractivity contribution in [1.82, 2.24) is 9.47 Å². The fraction of sp³-hybridized carbons (Fsp3) is 0.304. The molecule has 0 aliphatic carbocycles. The fourth-order valence-electron chi connectivity index (χ4n) is 3.94. The predicted octanol–water partition coefficient (Wildman–Crippen LogP) is 4.73. The van der Waals surface area contributed by atoms with Crippen LogP contribution >= 0.6 is 23.2 Å². The third-order valence-electron chi connectivity index (χ3n) is 5.67. The lowest BCUT2D eigenvalue weighted by Gasteiger charge is -2.27. The van der Waals surface area contributed by atoms with Crippen LogP contribution in [0.4, 0.5) is 0 Å². The number of hydrogen-bond acceptors (Lipinski definition) is 3. The van der Waals surface area contributed by atoms with Crippen LogP contribution in [-0.4, -0.2) is 41.7 Å². The predicted molar refractivity (Wildman–Crippen MR) is 118 cm³/mol. The Morgan fingerprint density at radius 2 is 1.93 bits per heavy atom. The number of fused-ring (bicyclic) bond motifs is 1. The summed E-state index contributed by atoms with van der Waals surface area (Å²) in [6.45, 7) is 4.16. The lowest BCUT2D eigenvalue weighted by molar-refractivity contribution is 0.0303. The summed E-state index contributed by atoms with van der Waals surface area (Å²) in [4.78, 5) is 14.7. The zero-order chi connectivity index (χ0) is 21.4. The topological polar surface area (TPSA) is 58.3 Å². The first-order valence-corrected chi connectivity index (χ1v) is 10.5. The van der Waals surface area contributed by atoms with Gasteiger partial charge in [0.2, 0.25) is 0 Å². The maximum absolute atomic E-state index is 13.0. The minimum Gasteiger partial charge on any atom is -0.378 e. The van der Waals surface area contributed by atoms with Crippen LogP contribution in [0, 0.1) is 18.3 Å². The highest BCUT2D eigenvalue weighted by Gasteiger charge is 2.23. The summed E-state index contributed by atoms with van der Waals surface area (Å²) in [5.74, 6) is -0.104. The molecule has 2 aromatic carbocycles. The van der Waals surface area contributed by atoms with E-state index in [0.717, 1.165) is 27.7 Å². The molecule has 1 aliphatic heterocycles. The highest BCUT2D eigenvalue weighted by atomic mass is 35.5. The molecule has 4 rings (SSSR count). The van der Waals surface area contributed by atoms with Gasteiger partial charge in [-0.1, -0.05) is 23.2 Å². The number of carbonyl (C=O) groups is 1. The average molecular weight is 442 g/mol. The number of amides is 1. The number of morpholine rings is 1. The second kappa shape index (κ2) is 8.31. The molecule has 1 fully saturated rings. The molecule has 3 aromatic rings. The van der Waals surface area contributed by atoms with Gasteiger partial charge in [-0.25, -0.2) is 0 Å². The smallest absolute Gasteiger partial charge is 0.255 e. The maximum Gasteiger partial charge on any atom is 0.255 e. The van der Waals surface area contributed by atoms with Crippen molar-refractivity contribution in [3.63, 3.8) is 0 Å². The van der Waals surface area contributed by atoms with Crippen molar-refractivity contribution in [1.29, 1.82) is 5.26 Å². The molecule has 0 saturated carbocycles. The number of nitrogens with zero attached hydrogens (tertiary/aromatic N) is 3. The van der Waals surface area contributed by atoms with Gasteiger partial charge in [-0.05, 0) is 48.4 Å². The van der Waals surface area contributed by atoms with Crippen molar-refractivity contribution in [3.05, 3.63) is 68.3 Å². The molecule has 1 amide bonds. The van der Waals surface area contributed by atoms with E-state index in [-0.39, 0.29) is 5.91 Å². The van der Waals surface area contributed by atoms with E-state index in [0.29, 0.717) is 53.9 Å². The Balaban J connectivity index is 1.73. The van der Waals surface area contributed by atoms with Crippen LogP contribution in [0.2, 0.25) is 10.0 Å². The molecule has 7 heteroatoms. The van der Waals surface area contributed by atoms with E-state index in [9.17, 15) is 10.1 Å².